The van der Waals surface area contributed by atoms with Gasteiger partial charge < -0.3 is 0 Å². The molecule has 4 heavy (non-hydrogen) atoms. The molecule has 0 aromatic carbocycles. The fourth-order valence-electron chi connectivity index (χ4n) is 0. The Hall–Kier alpha value is 0.507. The van der Waals surface area contributed by atoms with Crippen LogP contribution in [0.15, 0.2) is 0 Å². The molecule has 0 saturated heterocycles. The summed E-state index contributed by atoms with van der Waals surface area (Å²) >= 11 is 5.38. The molecule has 0 unspecified atom stereocenters. The lowest BCUT2D eigenvalue weighted by Crippen LogP contribution is -1.78. The maximum Gasteiger partial charge on any atom is 0.425 e. The minimum absolute atomic E-state index is 0.407. The van der Waals surface area contributed by atoms with Gasteiger partial charge in [-0.1, -0.05) is 0 Å². The van der Waals surface area contributed by atoms with E-state index in [0.717, 1.165) is 0 Å². The summed E-state index contributed by atoms with van der Waals surface area (Å²) in [5, 5.41) is 0. The maximum absolute atomic E-state index is 5.38. The Labute approximate surface area is 33.1 Å². The third-order valence-corrected chi connectivity index (χ3v) is 0. The predicted molar refractivity (Wildman–Crippen MR) is 23.3 cm³/mol. The topological polar surface area (TPSA) is 0 Å². The van der Waals surface area contributed by atoms with Gasteiger partial charge in [-0.2, -0.15) is 0 Å². The fraction of sp³-hybridized carbons (Fsp3) is 1.00. The second kappa shape index (κ2) is 1.79. The summed E-state index contributed by atoms with van der Waals surface area (Å²) in [6.45, 7) is 4.07. The molecule has 0 N–H and O–H groups in total. The second-order valence-electron chi connectivity index (χ2n) is 0.878. The molecule has 2 heteroatoms. The smallest absolute Gasteiger partial charge is 0.0713 e. The van der Waals surface area contributed by atoms with Gasteiger partial charge in [0.15, 0.2) is 0 Å². The molecular weight excluding hydrogens is 87.6 g/mol. The van der Waals surface area contributed by atoms with E-state index in [0.29, 0.717) is 0 Å². The van der Waals surface area contributed by atoms with Crippen molar-refractivity contribution in [1.82, 2.24) is 0 Å². The van der Waals surface area contributed by atoms with E-state index in [1.54, 1.807) is 0 Å². The van der Waals surface area contributed by atoms with E-state index in [9.17, 15) is 0 Å². The first-order valence-corrected chi connectivity index (χ1v) is 4.70. The first kappa shape index (κ1) is 4.51. The zero-order valence-corrected chi connectivity index (χ0v) is 4.63. The van der Waals surface area contributed by atoms with Gasteiger partial charge in [-0.3, -0.25) is 0 Å². The van der Waals surface area contributed by atoms with Crippen molar-refractivity contribution in [3.05, 3.63) is 0 Å². The number of halogens is 1. The van der Waals surface area contributed by atoms with E-state index in [4.69, 9.17) is 11.1 Å². The molecule has 0 saturated carbocycles. The molecule has 0 heterocycles. The lowest BCUT2D eigenvalue weighted by molar-refractivity contribution is 2.10. The highest BCUT2D eigenvalue weighted by molar-refractivity contribution is 7.05. The average molecular weight is 93.6 g/mol. The predicted octanol–water partition coefficient (Wildman–Crippen LogP) is 1.48. The monoisotopic (exact) mass is 93.0 g/mol. The molecule has 0 aromatic heterocycles. The Morgan fingerprint density at radius 2 is 1.50 bits per heavy atom. The minimum atomic E-state index is -0.407. The van der Waals surface area contributed by atoms with Crippen molar-refractivity contribution in [3.8, 4) is 0 Å². The van der Waals surface area contributed by atoms with Crippen LogP contribution in [0.3, 0.4) is 0 Å². The summed E-state index contributed by atoms with van der Waals surface area (Å²) in [5.41, 5.74) is 0. The number of rotatable bonds is 0. The van der Waals surface area contributed by atoms with Crippen LogP contribution in [0.5, 0.6) is 0 Å². The quantitative estimate of drug-likeness (QED) is 0.314. The van der Waals surface area contributed by atoms with Crippen LogP contribution in [0.1, 0.15) is 0 Å². The van der Waals surface area contributed by atoms with Gasteiger partial charge in [0.1, 0.15) is 0 Å². The summed E-state index contributed by atoms with van der Waals surface area (Å²) in [6.07, 6.45) is 0. The summed E-state index contributed by atoms with van der Waals surface area (Å²) in [6, 6.07) is 0. The molecule has 0 radical (unpaired) electrons. The molecule has 0 aliphatic carbocycles. The minimum Gasteiger partial charge on any atom is 0.0713 e. The highest BCUT2D eigenvalue weighted by atomic mass is 35.6. The van der Waals surface area contributed by atoms with Crippen molar-refractivity contribution in [2.45, 2.75) is 13.1 Å². The zero-order chi connectivity index (χ0) is 3.58. The summed E-state index contributed by atoms with van der Waals surface area (Å²) < 4.78 is 0. The van der Waals surface area contributed by atoms with Gasteiger partial charge in [0.25, 0.3) is 0 Å². The van der Waals surface area contributed by atoms with Crippen LogP contribution in [0.25, 0.3) is 0 Å². The summed E-state index contributed by atoms with van der Waals surface area (Å²) in [7, 11) is -0.407. The van der Waals surface area contributed by atoms with Crippen molar-refractivity contribution in [2.75, 3.05) is 0 Å². The maximum atomic E-state index is 5.38. The van der Waals surface area contributed by atoms with Crippen molar-refractivity contribution in [1.29, 1.82) is 0 Å². The molecule has 0 aliphatic heterocycles. The number of hydrogen-bond donors (Lipinski definition) is 0. The third kappa shape index (κ3) is 22.2. The first-order chi connectivity index (χ1) is 1.73. The van der Waals surface area contributed by atoms with E-state index in [-0.39, 0.29) is 0 Å². The first-order valence-electron chi connectivity index (χ1n) is 1.19. The van der Waals surface area contributed by atoms with Crippen LogP contribution in [0.4, 0.5) is 0 Å². The third-order valence-electron chi connectivity index (χ3n) is 0. The second-order valence-corrected chi connectivity index (χ2v) is 4.90. The van der Waals surface area contributed by atoms with Crippen LogP contribution in [0, 0.1) is 0 Å². The van der Waals surface area contributed by atoms with Crippen LogP contribution in [0.2, 0.25) is 13.1 Å². The molecule has 0 atom stereocenters. The van der Waals surface area contributed by atoms with Crippen molar-refractivity contribution < 1.29 is 0 Å². The van der Waals surface area contributed by atoms with Gasteiger partial charge >= 0.3 is 8.11 Å². The SMILES string of the molecule is C[Si+](C)Cl. The zero-order valence-electron chi connectivity index (χ0n) is 2.88. The van der Waals surface area contributed by atoms with E-state index in [2.05, 4.69) is 0 Å². The summed E-state index contributed by atoms with van der Waals surface area (Å²) in [4.78, 5) is 0. The van der Waals surface area contributed by atoms with Crippen molar-refractivity contribution >= 4 is 19.2 Å². The van der Waals surface area contributed by atoms with Gasteiger partial charge in [0.05, 0.1) is 24.2 Å². The lowest BCUT2D eigenvalue weighted by atomic mass is 11.9. The van der Waals surface area contributed by atoms with Gasteiger partial charge in [-0.05, 0) is 0 Å². The van der Waals surface area contributed by atoms with Gasteiger partial charge in [-0.25, -0.2) is 0 Å². The standard InChI is InChI=1S/C2H6ClSi/c1-4(2)3/h1-2H3/q+1. The van der Waals surface area contributed by atoms with Crippen molar-refractivity contribution in [3.63, 3.8) is 0 Å². The summed E-state index contributed by atoms with van der Waals surface area (Å²) in [5.74, 6) is 0. The Balaban J connectivity index is 2.32. The Morgan fingerprint density at radius 1 is 1.50 bits per heavy atom. The molecule has 0 nitrogen and oxygen atoms in total. The largest absolute Gasteiger partial charge is 0.425 e. The average Bonchev–Trinajstić information content (AvgIpc) is 0.811. The van der Waals surface area contributed by atoms with E-state index in [1.807, 2.05) is 13.1 Å². The Bertz CT molecular complexity index is 10.8. The van der Waals surface area contributed by atoms with E-state index < -0.39 is 8.11 Å². The molecule has 0 aliphatic rings. The van der Waals surface area contributed by atoms with Crippen LogP contribution >= 0.6 is 11.1 Å². The highest BCUT2D eigenvalue weighted by Gasteiger charge is 1.99. The van der Waals surface area contributed by atoms with Crippen molar-refractivity contribution in [2.24, 2.45) is 0 Å². The van der Waals surface area contributed by atoms with Crippen LogP contribution in [-0.2, 0) is 0 Å². The molecule has 24 valence electrons. The fourth-order valence-corrected chi connectivity index (χ4v) is 0. The van der Waals surface area contributed by atoms with Crippen LogP contribution in [-0.4, -0.2) is 8.11 Å². The molecular formula is C2H6ClSi+. The molecule has 0 amide bonds. The molecule has 0 rings (SSSR count). The number of hydrogen-bond acceptors (Lipinski definition) is 0. The molecule has 0 bridgehead atoms. The Morgan fingerprint density at radius 3 is 1.50 bits per heavy atom. The normalized spacial score (nSPS) is 6.75. The van der Waals surface area contributed by atoms with Crippen LogP contribution < -0.4 is 0 Å². The van der Waals surface area contributed by atoms with Gasteiger partial charge in [0.2, 0.25) is 0 Å². The van der Waals surface area contributed by atoms with E-state index >= 15 is 0 Å². The van der Waals surface area contributed by atoms with Gasteiger partial charge in [0, 0.05) is 0 Å². The van der Waals surface area contributed by atoms with E-state index in [1.165, 1.54) is 0 Å². The lowest BCUT2D eigenvalue weighted by Gasteiger charge is -1.49. The molecule has 0 aromatic rings. The van der Waals surface area contributed by atoms with Gasteiger partial charge in [-0.15, -0.1) is 0 Å². The molecule has 0 fully saturated rings. The highest BCUT2D eigenvalue weighted by Crippen LogP contribution is 1.79. The Kier molecular flexibility index (Phi) is 2.02. The molecule has 0 spiro atoms.